The van der Waals surface area contributed by atoms with Crippen molar-refractivity contribution in [3.63, 3.8) is 0 Å². The highest BCUT2D eigenvalue weighted by Gasteiger charge is 2.36. The highest BCUT2D eigenvalue weighted by atomic mass is 16.1. The molecule has 0 spiro atoms. The van der Waals surface area contributed by atoms with Gasteiger partial charge in [-0.3, -0.25) is 14.6 Å². The molecule has 24 heavy (non-hydrogen) atoms. The number of H-pyrrole nitrogens is 1. The van der Waals surface area contributed by atoms with E-state index in [1.54, 1.807) is 12.4 Å². The summed E-state index contributed by atoms with van der Waals surface area (Å²) >= 11 is 0. The van der Waals surface area contributed by atoms with Crippen LogP contribution in [0.2, 0.25) is 0 Å². The zero-order chi connectivity index (χ0) is 16.3. The number of Topliss-reactive ketones (excluding diaryl/α,β-unsaturated/α-hetero) is 1. The summed E-state index contributed by atoms with van der Waals surface area (Å²) in [6.07, 6.45) is 5.37. The average Bonchev–Trinajstić information content (AvgIpc) is 3.22. The average molecular weight is 315 g/mol. The zero-order valence-electron chi connectivity index (χ0n) is 12.8. The fourth-order valence-corrected chi connectivity index (χ4v) is 3.73. The zero-order valence-corrected chi connectivity index (χ0v) is 12.8. The molecule has 5 heteroatoms. The molecule has 2 aliphatic carbocycles. The van der Waals surface area contributed by atoms with E-state index in [0.29, 0.717) is 40.2 Å². The minimum atomic E-state index is -0.0827. The lowest BCUT2D eigenvalue weighted by molar-refractivity contribution is 0.0972. The van der Waals surface area contributed by atoms with E-state index < -0.39 is 0 Å². The predicted molar refractivity (Wildman–Crippen MR) is 88.0 cm³/mol. The normalized spacial score (nSPS) is 15.2. The van der Waals surface area contributed by atoms with Crippen molar-refractivity contribution in [2.24, 2.45) is 0 Å². The molecule has 2 heterocycles. The van der Waals surface area contributed by atoms with E-state index in [-0.39, 0.29) is 11.6 Å². The van der Waals surface area contributed by atoms with Crippen molar-refractivity contribution in [2.45, 2.75) is 19.3 Å². The Morgan fingerprint density at radius 2 is 1.79 bits per heavy atom. The van der Waals surface area contributed by atoms with Crippen molar-refractivity contribution in [3.05, 3.63) is 59.0 Å². The Hall–Kier alpha value is -3.08. The van der Waals surface area contributed by atoms with Crippen molar-refractivity contribution in [3.8, 4) is 22.6 Å². The Kier molecular flexibility index (Phi) is 2.62. The number of carbonyl (C=O) groups is 2. The van der Waals surface area contributed by atoms with Crippen molar-refractivity contribution in [2.75, 3.05) is 0 Å². The van der Waals surface area contributed by atoms with Gasteiger partial charge in [0.15, 0.2) is 11.6 Å². The smallest absolute Gasteiger partial charge is 0.196 e. The highest BCUT2D eigenvalue weighted by Crippen LogP contribution is 2.43. The number of aryl methyl sites for hydroxylation is 1. The van der Waals surface area contributed by atoms with Gasteiger partial charge in [-0.05, 0) is 12.8 Å². The number of nitrogens with zero attached hydrogens (tertiary/aromatic N) is 2. The third kappa shape index (κ3) is 1.64. The van der Waals surface area contributed by atoms with Crippen molar-refractivity contribution >= 4 is 11.6 Å². The lowest BCUT2D eigenvalue weighted by atomic mass is 9.87. The number of carbonyl (C=O) groups excluding carboxylic acids is 2. The number of fused-ring (bicyclic) bond motifs is 4. The number of aromatic nitrogens is 3. The Bertz CT molecular complexity index is 1020. The standard InChI is InChI=1S/C19H13N3O2/c23-13-7-3-6-12-14(13)15(19-20-8-9-21-19)16-17(22-12)10-4-1-2-5-11(10)18(16)24/h1-2,4-5,8-9H,3,6-7H2,(H,20,21). The maximum Gasteiger partial charge on any atom is 0.196 e. The molecule has 0 atom stereocenters. The van der Waals surface area contributed by atoms with Gasteiger partial charge in [0.05, 0.1) is 22.5 Å². The van der Waals surface area contributed by atoms with Gasteiger partial charge in [0.1, 0.15) is 5.82 Å². The largest absolute Gasteiger partial charge is 0.345 e. The molecule has 0 aliphatic heterocycles. The number of benzene rings is 1. The minimum Gasteiger partial charge on any atom is -0.345 e. The monoisotopic (exact) mass is 315 g/mol. The van der Waals surface area contributed by atoms with Gasteiger partial charge < -0.3 is 4.98 Å². The number of rotatable bonds is 1. The van der Waals surface area contributed by atoms with Crippen LogP contribution in [-0.4, -0.2) is 26.5 Å². The Morgan fingerprint density at radius 3 is 2.58 bits per heavy atom. The van der Waals surface area contributed by atoms with Gasteiger partial charge in [0.2, 0.25) is 0 Å². The number of hydrogen-bond donors (Lipinski definition) is 1. The van der Waals surface area contributed by atoms with Crippen LogP contribution in [0.4, 0.5) is 0 Å². The second-order valence-electron chi connectivity index (χ2n) is 6.12. The summed E-state index contributed by atoms with van der Waals surface area (Å²) in [6, 6.07) is 7.47. The molecule has 0 saturated heterocycles. The SMILES string of the molecule is O=C1CCCc2nc3c(c(-c4ncc[nH]4)c21)C(=O)c1ccccc1-3. The third-order valence-corrected chi connectivity index (χ3v) is 4.76. The first-order valence-corrected chi connectivity index (χ1v) is 7.99. The summed E-state index contributed by atoms with van der Waals surface area (Å²) in [6.45, 7) is 0. The summed E-state index contributed by atoms with van der Waals surface area (Å²) in [5.74, 6) is 0.517. The van der Waals surface area contributed by atoms with Gasteiger partial charge in [-0.15, -0.1) is 0 Å². The van der Waals surface area contributed by atoms with Crippen LogP contribution in [0, 0.1) is 0 Å². The molecular weight excluding hydrogens is 302 g/mol. The molecule has 1 aromatic carbocycles. The van der Waals surface area contributed by atoms with E-state index >= 15 is 0 Å². The number of hydrogen-bond acceptors (Lipinski definition) is 4. The van der Waals surface area contributed by atoms with E-state index in [4.69, 9.17) is 4.98 Å². The lowest BCUT2D eigenvalue weighted by Gasteiger charge is -2.19. The molecule has 5 nitrogen and oxygen atoms in total. The molecule has 5 rings (SSSR count). The molecule has 0 amide bonds. The van der Waals surface area contributed by atoms with Gasteiger partial charge in [0.25, 0.3) is 0 Å². The quantitative estimate of drug-likeness (QED) is 0.585. The highest BCUT2D eigenvalue weighted by molar-refractivity contribution is 6.25. The van der Waals surface area contributed by atoms with Crippen LogP contribution in [0.25, 0.3) is 22.6 Å². The van der Waals surface area contributed by atoms with E-state index in [1.165, 1.54) is 0 Å². The molecule has 116 valence electrons. The van der Waals surface area contributed by atoms with Crippen LogP contribution in [0.3, 0.4) is 0 Å². The molecule has 2 aromatic heterocycles. The molecular formula is C19H13N3O2. The Balaban J connectivity index is 1.93. The number of pyridine rings is 1. The fourth-order valence-electron chi connectivity index (χ4n) is 3.73. The second kappa shape index (κ2) is 4.71. The van der Waals surface area contributed by atoms with Gasteiger partial charge in [-0.2, -0.15) is 0 Å². The maximum absolute atomic E-state index is 13.0. The van der Waals surface area contributed by atoms with Gasteiger partial charge in [0, 0.05) is 35.5 Å². The predicted octanol–water partition coefficient (Wildman–Crippen LogP) is 3.20. The minimum absolute atomic E-state index is 0.0432. The molecule has 3 aromatic rings. The van der Waals surface area contributed by atoms with Crippen molar-refractivity contribution in [1.82, 2.24) is 15.0 Å². The summed E-state index contributed by atoms with van der Waals surface area (Å²) in [5.41, 5.74) is 4.62. The van der Waals surface area contributed by atoms with E-state index in [2.05, 4.69) is 9.97 Å². The number of nitrogens with one attached hydrogen (secondary N) is 1. The summed E-state index contributed by atoms with van der Waals surface area (Å²) in [7, 11) is 0. The summed E-state index contributed by atoms with van der Waals surface area (Å²) < 4.78 is 0. The van der Waals surface area contributed by atoms with Crippen LogP contribution in [0.15, 0.2) is 36.7 Å². The van der Waals surface area contributed by atoms with E-state index in [0.717, 1.165) is 24.1 Å². The molecule has 0 bridgehead atoms. The number of ketones is 2. The van der Waals surface area contributed by atoms with E-state index in [9.17, 15) is 9.59 Å². The molecule has 0 saturated carbocycles. The second-order valence-corrected chi connectivity index (χ2v) is 6.12. The molecule has 1 N–H and O–H groups in total. The van der Waals surface area contributed by atoms with Crippen molar-refractivity contribution < 1.29 is 9.59 Å². The van der Waals surface area contributed by atoms with Gasteiger partial charge in [-0.1, -0.05) is 24.3 Å². The number of imidazole rings is 1. The van der Waals surface area contributed by atoms with Crippen LogP contribution >= 0.6 is 0 Å². The first kappa shape index (κ1) is 13.4. The summed E-state index contributed by atoms with van der Waals surface area (Å²) in [5, 5.41) is 0. The van der Waals surface area contributed by atoms with Crippen LogP contribution in [0.5, 0.6) is 0 Å². The van der Waals surface area contributed by atoms with Crippen LogP contribution < -0.4 is 0 Å². The molecule has 0 radical (unpaired) electrons. The van der Waals surface area contributed by atoms with E-state index in [1.807, 2.05) is 24.3 Å². The Morgan fingerprint density at radius 1 is 0.958 bits per heavy atom. The maximum atomic E-state index is 13.0. The summed E-state index contributed by atoms with van der Waals surface area (Å²) in [4.78, 5) is 37.7. The molecule has 2 aliphatic rings. The fraction of sp³-hybridized carbons (Fsp3) is 0.158. The number of aromatic amines is 1. The third-order valence-electron chi connectivity index (χ3n) is 4.76. The lowest BCUT2D eigenvalue weighted by Crippen LogP contribution is -2.17. The first-order valence-electron chi connectivity index (χ1n) is 7.99. The topological polar surface area (TPSA) is 75.7 Å². The van der Waals surface area contributed by atoms with Gasteiger partial charge >= 0.3 is 0 Å². The van der Waals surface area contributed by atoms with Crippen LogP contribution in [-0.2, 0) is 6.42 Å². The molecule has 0 unspecified atom stereocenters. The Labute approximate surface area is 137 Å². The first-order chi connectivity index (χ1) is 11.8. The van der Waals surface area contributed by atoms with Crippen molar-refractivity contribution in [1.29, 1.82) is 0 Å². The van der Waals surface area contributed by atoms with Gasteiger partial charge in [-0.25, -0.2) is 4.98 Å². The molecule has 0 fully saturated rings. The van der Waals surface area contributed by atoms with Crippen LogP contribution in [0.1, 0.15) is 44.8 Å².